The Morgan fingerprint density at radius 1 is 1.67 bits per heavy atom. The maximum absolute atomic E-state index is 11.2. The zero-order chi connectivity index (χ0) is 9.14. The smallest absolute Gasteiger partial charge is 0.322 e. The summed E-state index contributed by atoms with van der Waals surface area (Å²) in [4.78, 5) is 26.5. The minimum absolute atomic E-state index is 0.108. The van der Waals surface area contributed by atoms with Crippen molar-refractivity contribution in [2.45, 2.75) is 20.3 Å². The van der Waals surface area contributed by atoms with Gasteiger partial charge in [0.2, 0.25) is 0 Å². The predicted molar refractivity (Wildman–Crippen MR) is 42.1 cm³/mol. The summed E-state index contributed by atoms with van der Waals surface area (Å²) in [7, 11) is 0. The van der Waals surface area contributed by atoms with E-state index in [9.17, 15) is 9.59 Å². The van der Waals surface area contributed by atoms with Gasteiger partial charge in [0.15, 0.2) is 5.78 Å². The average Bonchev–Trinajstić information content (AvgIpc) is 1.96. The molecule has 0 aromatic rings. The Hall–Kier alpha value is -0.900. The van der Waals surface area contributed by atoms with E-state index in [2.05, 4.69) is 0 Å². The van der Waals surface area contributed by atoms with Crippen LogP contribution in [-0.2, 0) is 14.4 Å². The first kappa shape index (κ1) is 9.19. The third-order valence-electron chi connectivity index (χ3n) is 1.95. The third-order valence-corrected chi connectivity index (χ3v) is 1.95. The zero-order valence-electron chi connectivity index (χ0n) is 7.37. The van der Waals surface area contributed by atoms with E-state index < -0.39 is 0 Å². The van der Waals surface area contributed by atoms with Crippen LogP contribution in [0.4, 0.5) is 0 Å². The van der Waals surface area contributed by atoms with Crippen molar-refractivity contribution in [2.24, 2.45) is 5.92 Å². The summed E-state index contributed by atoms with van der Waals surface area (Å²) in [6.45, 7) is 4.13. The highest BCUT2D eigenvalue weighted by Crippen LogP contribution is 2.12. The number of hydroxylamine groups is 2. The molecule has 0 aromatic heterocycles. The monoisotopic (exact) mass is 171 g/mol. The van der Waals surface area contributed by atoms with E-state index in [0.29, 0.717) is 6.54 Å². The molecule has 1 rings (SSSR count). The SMILES string of the molecule is CC(=O)ON1CCC(C)C(=O)C1. The van der Waals surface area contributed by atoms with Crippen molar-refractivity contribution in [1.82, 2.24) is 5.06 Å². The third kappa shape index (κ3) is 2.30. The molecule has 1 unspecified atom stereocenters. The van der Waals surface area contributed by atoms with Crippen LogP contribution in [0.25, 0.3) is 0 Å². The highest BCUT2D eigenvalue weighted by atomic mass is 16.7. The Morgan fingerprint density at radius 3 is 2.83 bits per heavy atom. The van der Waals surface area contributed by atoms with Crippen LogP contribution in [0.2, 0.25) is 0 Å². The molecule has 0 bridgehead atoms. The summed E-state index contributed by atoms with van der Waals surface area (Å²) in [5.41, 5.74) is 0. The van der Waals surface area contributed by atoms with E-state index >= 15 is 0 Å². The molecule has 0 N–H and O–H groups in total. The second-order valence-corrected chi connectivity index (χ2v) is 3.10. The predicted octanol–water partition coefficient (Wildman–Crippen LogP) is 0.375. The number of Topliss-reactive ketones (excluding diaryl/α,β-unsaturated/α-hetero) is 1. The second-order valence-electron chi connectivity index (χ2n) is 3.10. The fraction of sp³-hybridized carbons (Fsp3) is 0.750. The van der Waals surface area contributed by atoms with Crippen molar-refractivity contribution in [3.05, 3.63) is 0 Å². The van der Waals surface area contributed by atoms with Crippen LogP contribution in [0.3, 0.4) is 0 Å². The van der Waals surface area contributed by atoms with Gasteiger partial charge in [-0.15, -0.1) is 5.06 Å². The fourth-order valence-electron chi connectivity index (χ4n) is 1.17. The quantitative estimate of drug-likeness (QED) is 0.572. The topological polar surface area (TPSA) is 46.6 Å². The molecule has 12 heavy (non-hydrogen) atoms. The van der Waals surface area contributed by atoms with E-state index in [1.54, 1.807) is 0 Å². The number of ketones is 1. The molecule has 0 aromatic carbocycles. The lowest BCUT2D eigenvalue weighted by Crippen LogP contribution is -2.40. The van der Waals surface area contributed by atoms with Crippen LogP contribution in [-0.4, -0.2) is 29.9 Å². The molecule has 4 heteroatoms. The van der Waals surface area contributed by atoms with Crippen LogP contribution in [0.15, 0.2) is 0 Å². The van der Waals surface area contributed by atoms with Crippen molar-refractivity contribution in [2.75, 3.05) is 13.1 Å². The van der Waals surface area contributed by atoms with Crippen LogP contribution in [0.1, 0.15) is 20.3 Å². The van der Waals surface area contributed by atoms with Gasteiger partial charge >= 0.3 is 5.97 Å². The molecule has 1 fully saturated rings. The number of piperidine rings is 1. The van der Waals surface area contributed by atoms with Gasteiger partial charge in [0.05, 0.1) is 6.54 Å². The molecular weight excluding hydrogens is 158 g/mol. The number of carbonyl (C=O) groups is 2. The van der Waals surface area contributed by atoms with Crippen LogP contribution < -0.4 is 0 Å². The Bertz CT molecular complexity index is 202. The normalized spacial score (nSPS) is 25.5. The van der Waals surface area contributed by atoms with Crippen molar-refractivity contribution < 1.29 is 14.4 Å². The molecule has 1 aliphatic rings. The fourth-order valence-corrected chi connectivity index (χ4v) is 1.17. The minimum atomic E-state index is -0.364. The van der Waals surface area contributed by atoms with Crippen molar-refractivity contribution in [3.63, 3.8) is 0 Å². The number of rotatable bonds is 1. The summed E-state index contributed by atoms with van der Waals surface area (Å²) < 4.78 is 0. The number of nitrogens with zero attached hydrogens (tertiary/aromatic N) is 1. The molecule has 0 aliphatic carbocycles. The average molecular weight is 171 g/mol. The molecule has 1 heterocycles. The molecule has 1 atom stereocenters. The van der Waals surface area contributed by atoms with E-state index in [-0.39, 0.29) is 24.2 Å². The van der Waals surface area contributed by atoms with Crippen molar-refractivity contribution in [3.8, 4) is 0 Å². The maximum atomic E-state index is 11.2. The van der Waals surface area contributed by atoms with Crippen LogP contribution >= 0.6 is 0 Å². The molecule has 4 nitrogen and oxygen atoms in total. The van der Waals surface area contributed by atoms with E-state index in [4.69, 9.17) is 4.84 Å². The van der Waals surface area contributed by atoms with Gasteiger partial charge in [0.1, 0.15) is 0 Å². The Kier molecular flexibility index (Phi) is 2.81. The molecule has 1 saturated heterocycles. The Labute approximate surface area is 71.4 Å². The molecule has 0 radical (unpaired) electrons. The van der Waals surface area contributed by atoms with Gasteiger partial charge in [-0.2, -0.15) is 0 Å². The Morgan fingerprint density at radius 2 is 2.33 bits per heavy atom. The molecule has 0 amide bonds. The highest BCUT2D eigenvalue weighted by Gasteiger charge is 2.24. The minimum Gasteiger partial charge on any atom is -0.368 e. The summed E-state index contributed by atoms with van der Waals surface area (Å²) >= 11 is 0. The van der Waals surface area contributed by atoms with Crippen LogP contribution in [0.5, 0.6) is 0 Å². The van der Waals surface area contributed by atoms with E-state index in [1.165, 1.54) is 12.0 Å². The lowest BCUT2D eigenvalue weighted by molar-refractivity contribution is -0.193. The van der Waals surface area contributed by atoms with Gasteiger partial charge in [0.25, 0.3) is 0 Å². The van der Waals surface area contributed by atoms with Crippen molar-refractivity contribution >= 4 is 11.8 Å². The first-order valence-electron chi connectivity index (χ1n) is 4.06. The van der Waals surface area contributed by atoms with Gasteiger partial charge in [-0.25, -0.2) is 0 Å². The van der Waals surface area contributed by atoms with Gasteiger partial charge in [-0.05, 0) is 6.42 Å². The largest absolute Gasteiger partial charge is 0.368 e. The highest BCUT2D eigenvalue weighted by molar-refractivity contribution is 5.83. The maximum Gasteiger partial charge on any atom is 0.322 e. The number of hydrogen-bond donors (Lipinski definition) is 0. The molecule has 0 spiro atoms. The molecule has 1 aliphatic heterocycles. The summed E-state index contributed by atoms with van der Waals surface area (Å²) in [6, 6.07) is 0. The lowest BCUT2D eigenvalue weighted by atomic mass is 9.99. The lowest BCUT2D eigenvalue weighted by Gasteiger charge is -2.26. The van der Waals surface area contributed by atoms with Gasteiger partial charge in [-0.3, -0.25) is 9.59 Å². The number of hydrogen-bond acceptors (Lipinski definition) is 4. The first-order chi connectivity index (χ1) is 5.59. The molecular formula is C8H13NO3. The second kappa shape index (κ2) is 3.67. The molecule has 68 valence electrons. The van der Waals surface area contributed by atoms with Gasteiger partial charge < -0.3 is 4.84 Å². The van der Waals surface area contributed by atoms with E-state index in [1.807, 2.05) is 6.92 Å². The van der Waals surface area contributed by atoms with Crippen LogP contribution in [0, 0.1) is 5.92 Å². The summed E-state index contributed by atoms with van der Waals surface area (Å²) in [5.74, 6) is -0.114. The van der Waals surface area contributed by atoms with Gasteiger partial charge in [0, 0.05) is 19.4 Å². The summed E-state index contributed by atoms with van der Waals surface area (Å²) in [6.07, 6.45) is 0.770. The van der Waals surface area contributed by atoms with Gasteiger partial charge in [-0.1, -0.05) is 6.92 Å². The first-order valence-corrected chi connectivity index (χ1v) is 4.06. The standard InChI is InChI=1S/C8H13NO3/c1-6-3-4-9(5-8(6)11)12-7(2)10/h6H,3-5H2,1-2H3. The van der Waals surface area contributed by atoms with Crippen molar-refractivity contribution in [1.29, 1.82) is 0 Å². The van der Waals surface area contributed by atoms with E-state index in [0.717, 1.165) is 6.42 Å². The number of carbonyl (C=O) groups excluding carboxylic acids is 2. The molecule has 0 saturated carbocycles. The summed E-state index contributed by atoms with van der Waals surface area (Å²) in [5, 5.41) is 1.42. The zero-order valence-corrected chi connectivity index (χ0v) is 7.37. The Balaban J connectivity index is 2.40.